The van der Waals surface area contributed by atoms with Crippen LogP contribution in [0.2, 0.25) is 0 Å². The van der Waals surface area contributed by atoms with Crippen LogP contribution in [-0.2, 0) is 16.2 Å². The maximum Gasteiger partial charge on any atom is 0.122 e. The number of methoxy groups -OCH3 is 1. The minimum Gasteiger partial charge on any atom is -0.499 e. The zero-order chi connectivity index (χ0) is 16.7. The molecule has 23 heavy (non-hydrogen) atoms. The van der Waals surface area contributed by atoms with Crippen molar-refractivity contribution >= 4 is 5.70 Å². The first-order chi connectivity index (χ1) is 11.2. The van der Waals surface area contributed by atoms with Gasteiger partial charge in [0.1, 0.15) is 23.8 Å². The van der Waals surface area contributed by atoms with E-state index >= 15 is 0 Å². The molecule has 2 rings (SSSR count). The Labute approximate surface area is 137 Å². The Bertz CT molecular complexity index is 680. The van der Waals surface area contributed by atoms with E-state index < -0.39 is 0 Å². The van der Waals surface area contributed by atoms with Crippen LogP contribution in [0.5, 0.6) is 5.75 Å². The number of hydrogen-bond acceptors (Lipinski definition) is 4. The number of ether oxygens (including phenoxy) is 2. The number of benzene rings is 2. The number of para-hydroxylation sites is 1. The summed E-state index contributed by atoms with van der Waals surface area (Å²) in [5.41, 5.74) is 6.84. The van der Waals surface area contributed by atoms with Crippen molar-refractivity contribution < 1.29 is 14.3 Å². The van der Waals surface area contributed by atoms with Crippen LogP contribution < -0.4 is 10.2 Å². The second-order valence-corrected chi connectivity index (χ2v) is 5.15. The molecule has 0 aliphatic carbocycles. The Balaban J connectivity index is 2.28. The van der Waals surface area contributed by atoms with Crippen molar-refractivity contribution in [2.24, 2.45) is 0 Å². The third kappa shape index (κ3) is 4.27. The fraction of sp³-hybridized carbons (Fsp3) is 0.263. The van der Waals surface area contributed by atoms with Gasteiger partial charge in [-0.25, -0.2) is 0 Å². The molecule has 122 valence electrons. The number of hydrogen-bond donors (Lipinski definition) is 1. The Hall–Kier alpha value is -2.46. The van der Waals surface area contributed by atoms with Crippen molar-refractivity contribution in [2.45, 2.75) is 20.5 Å². The molecule has 0 bridgehead atoms. The summed E-state index contributed by atoms with van der Waals surface area (Å²) in [6, 6.07) is 16.0. The average molecular weight is 313 g/mol. The van der Waals surface area contributed by atoms with Crippen molar-refractivity contribution in [3.8, 4) is 5.75 Å². The van der Waals surface area contributed by atoms with Gasteiger partial charge in [0.15, 0.2) is 0 Å². The average Bonchev–Trinajstić information content (AvgIpc) is 2.59. The molecule has 0 radical (unpaired) electrons. The normalized spacial score (nSPS) is 11.7. The van der Waals surface area contributed by atoms with Crippen molar-refractivity contribution in [3.63, 3.8) is 0 Å². The molecular formula is C19H23NO3. The molecule has 2 aromatic rings. The van der Waals surface area contributed by atoms with Gasteiger partial charge < -0.3 is 9.47 Å². The first-order valence-electron chi connectivity index (χ1n) is 7.48. The van der Waals surface area contributed by atoms with E-state index in [1.807, 2.05) is 62.4 Å². The van der Waals surface area contributed by atoms with Crippen LogP contribution in [-0.4, -0.2) is 14.2 Å². The Kier molecular flexibility index (Phi) is 6.06. The lowest BCUT2D eigenvalue weighted by Gasteiger charge is -2.17. The molecule has 0 aliphatic heterocycles. The van der Waals surface area contributed by atoms with E-state index in [1.54, 1.807) is 14.2 Å². The first-order valence-corrected chi connectivity index (χ1v) is 7.48. The summed E-state index contributed by atoms with van der Waals surface area (Å²) >= 11 is 0. The quantitative estimate of drug-likeness (QED) is 0.618. The number of rotatable bonds is 7. The minimum absolute atomic E-state index is 0.465. The fourth-order valence-corrected chi connectivity index (χ4v) is 2.28. The van der Waals surface area contributed by atoms with Crippen LogP contribution in [0.15, 0.2) is 54.3 Å². The SMILES string of the molecule is CONC(=C(C)OC)c1ccccc1COc1ccccc1C. The van der Waals surface area contributed by atoms with Gasteiger partial charge in [-0.05, 0) is 31.0 Å². The molecule has 0 unspecified atom stereocenters. The van der Waals surface area contributed by atoms with E-state index in [4.69, 9.17) is 14.3 Å². The Morgan fingerprint density at radius 3 is 2.39 bits per heavy atom. The molecule has 1 N–H and O–H groups in total. The molecule has 4 nitrogen and oxygen atoms in total. The highest BCUT2D eigenvalue weighted by atomic mass is 16.6. The van der Waals surface area contributed by atoms with Crippen LogP contribution >= 0.6 is 0 Å². The van der Waals surface area contributed by atoms with Crippen LogP contribution in [0.1, 0.15) is 23.6 Å². The van der Waals surface area contributed by atoms with Crippen LogP contribution in [0.25, 0.3) is 5.70 Å². The summed E-state index contributed by atoms with van der Waals surface area (Å²) in [5, 5.41) is 0. The number of hydroxylamine groups is 1. The third-order valence-corrected chi connectivity index (χ3v) is 3.63. The smallest absolute Gasteiger partial charge is 0.122 e. The van der Waals surface area contributed by atoms with Crippen molar-refractivity contribution in [1.29, 1.82) is 0 Å². The third-order valence-electron chi connectivity index (χ3n) is 3.63. The summed E-state index contributed by atoms with van der Waals surface area (Å²) in [5.74, 6) is 1.63. The summed E-state index contributed by atoms with van der Waals surface area (Å²) < 4.78 is 11.3. The topological polar surface area (TPSA) is 39.7 Å². The monoisotopic (exact) mass is 313 g/mol. The van der Waals surface area contributed by atoms with Gasteiger partial charge in [-0.3, -0.25) is 10.3 Å². The maximum absolute atomic E-state index is 5.97. The first kappa shape index (κ1) is 16.9. The fourth-order valence-electron chi connectivity index (χ4n) is 2.28. The van der Waals surface area contributed by atoms with Gasteiger partial charge in [-0.2, -0.15) is 0 Å². The predicted molar refractivity (Wildman–Crippen MR) is 91.7 cm³/mol. The van der Waals surface area contributed by atoms with Gasteiger partial charge in [0.25, 0.3) is 0 Å². The molecule has 0 saturated carbocycles. The van der Waals surface area contributed by atoms with Gasteiger partial charge in [0.05, 0.1) is 14.2 Å². The summed E-state index contributed by atoms with van der Waals surface area (Å²) in [7, 11) is 3.22. The van der Waals surface area contributed by atoms with Gasteiger partial charge in [0.2, 0.25) is 0 Å². The van der Waals surface area contributed by atoms with Gasteiger partial charge >= 0.3 is 0 Å². The van der Waals surface area contributed by atoms with Gasteiger partial charge in [-0.1, -0.05) is 42.5 Å². The molecule has 0 atom stereocenters. The molecule has 0 fully saturated rings. The molecule has 0 amide bonds. The molecule has 0 aliphatic rings. The van der Waals surface area contributed by atoms with Crippen molar-refractivity contribution in [2.75, 3.05) is 14.2 Å². The predicted octanol–water partition coefficient (Wildman–Crippen LogP) is 4.06. The number of allylic oxidation sites excluding steroid dienone is 1. The highest BCUT2D eigenvalue weighted by Gasteiger charge is 2.12. The minimum atomic E-state index is 0.465. The zero-order valence-electron chi connectivity index (χ0n) is 14.1. The number of nitrogens with one attached hydrogen (secondary N) is 1. The van der Waals surface area contributed by atoms with E-state index in [2.05, 4.69) is 5.48 Å². The maximum atomic E-state index is 5.97. The lowest BCUT2D eigenvalue weighted by molar-refractivity contribution is 0.132. The largest absolute Gasteiger partial charge is 0.499 e. The highest BCUT2D eigenvalue weighted by Crippen LogP contribution is 2.23. The molecule has 0 spiro atoms. The standard InChI is InChI=1S/C19H23NO3/c1-14-9-5-8-12-18(14)23-13-16-10-6-7-11-17(16)19(20-22-4)15(2)21-3/h5-12,20H,13H2,1-4H3. The second-order valence-electron chi connectivity index (χ2n) is 5.15. The molecule has 4 heteroatoms. The van der Waals surface area contributed by atoms with Crippen molar-refractivity contribution in [3.05, 3.63) is 71.0 Å². The van der Waals surface area contributed by atoms with Gasteiger partial charge in [-0.15, -0.1) is 0 Å². The summed E-state index contributed by atoms with van der Waals surface area (Å²) in [6.45, 7) is 4.39. The van der Waals surface area contributed by atoms with E-state index in [-0.39, 0.29) is 0 Å². The van der Waals surface area contributed by atoms with E-state index in [0.717, 1.165) is 33.9 Å². The Morgan fingerprint density at radius 1 is 1.00 bits per heavy atom. The highest BCUT2D eigenvalue weighted by molar-refractivity contribution is 5.67. The van der Waals surface area contributed by atoms with Crippen molar-refractivity contribution in [1.82, 2.24) is 5.48 Å². The van der Waals surface area contributed by atoms with E-state index in [9.17, 15) is 0 Å². The molecule has 0 heterocycles. The molecular weight excluding hydrogens is 290 g/mol. The molecule has 0 aromatic heterocycles. The van der Waals surface area contributed by atoms with Crippen LogP contribution in [0, 0.1) is 6.92 Å². The Morgan fingerprint density at radius 2 is 1.70 bits per heavy atom. The summed E-state index contributed by atoms with van der Waals surface area (Å²) in [4.78, 5) is 5.09. The van der Waals surface area contributed by atoms with Crippen LogP contribution in [0.3, 0.4) is 0 Å². The lowest BCUT2D eigenvalue weighted by Crippen LogP contribution is -2.15. The molecule has 2 aromatic carbocycles. The van der Waals surface area contributed by atoms with E-state index in [0.29, 0.717) is 6.61 Å². The van der Waals surface area contributed by atoms with Crippen LogP contribution in [0.4, 0.5) is 0 Å². The zero-order valence-corrected chi connectivity index (χ0v) is 14.1. The summed E-state index contributed by atoms with van der Waals surface area (Å²) in [6.07, 6.45) is 0. The van der Waals surface area contributed by atoms with Gasteiger partial charge in [0, 0.05) is 5.56 Å². The number of aryl methyl sites for hydroxylation is 1. The van der Waals surface area contributed by atoms with E-state index in [1.165, 1.54) is 0 Å². The lowest BCUT2D eigenvalue weighted by atomic mass is 10.0. The molecule has 0 saturated heterocycles. The second kappa shape index (κ2) is 8.25.